The number of hydrogen-bond acceptors (Lipinski definition) is 4. The smallest absolute Gasteiger partial charge is 0.306 e. The Hall–Kier alpha value is -1.43. The third-order valence-corrected chi connectivity index (χ3v) is 3.57. The van der Waals surface area contributed by atoms with E-state index < -0.39 is 17.7 Å². The summed E-state index contributed by atoms with van der Waals surface area (Å²) in [6.07, 6.45) is 1.92. The number of carboxylic acids is 1. The van der Waals surface area contributed by atoms with E-state index in [4.69, 9.17) is 14.6 Å². The van der Waals surface area contributed by atoms with Crippen molar-refractivity contribution in [3.8, 4) is 11.5 Å². The van der Waals surface area contributed by atoms with Crippen LogP contribution in [-0.4, -0.2) is 31.6 Å². The number of thioether (sulfide) groups is 1. The zero-order chi connectivity index (χ0) is 14.6. The first-order chi connectivity index (χ1) is 8.96. The van der Waals surface area contributed by atoms with E-state index in [1.165, 1.54) is 32.0 Å². The third-order valence-electron chi connectivity index (χ3n) is 2.78. The van der Waals surface area contributed by atoms with E-state index in [9.17, 15) is 9.18 Å². The lowest BCUT2D eigenvalue weighted by molar-refractivity contribution is -0.141. The molecule has 106 valence electrons. The number of rotatable bonds is 6. The molecule has 6 heteroatoms. The van der Waals surface area contributed by atoms with Gasteiger partial charge in [0.05, 0.1) is 25.0 Å². The van der Waals surface area contributed by atoms with Gasteiger partial charge in [0.2, 0.25) is 0 Å². The predicted molar refractivity (Wildman–Crippen MR) is 71.8 cm³/mol. The monoisotopic (exact) mass is 288 g/mol. The number of halogens is 1. The molecule has 1 unspecified atom stereocenters. The van der Waals surface area contributed by atoms with E-state index >= 15 is 0 Å². The minimum absolute atomic E-state index is 0.181. The minimum Gasteiger partial charge on any atom is -0.493 e. The number of methoxy groups -OCH3 is 2. The van der Waals surface area contributed by atoms with Gasteiger partial charge in [0.25, 0.3) is 0 Å². The maximum absolute atomic E-state index is 14.0. The molecule has 0 aliphatic heterocycles. The number of hydrogen-bond donors (Lipinski definition) is 1. The van der Waals surface area contributed by atoms with Crippen molar-refractivity contribution in [3.05, 3.63) is 17.4 Å². The van der Waals surface area contributed by atoms with E-state index in [0.717, 1.165) is 0 Å². The van der Waals surface area contributed by atoms with Gasteiger partial charge in [0.15, 0.2) is 11.5 Å². The van der Waals surface area contributed by atoms with Crippen LogP contribution in [0.4, 0.5) is 4.39 Å². The zero-order valence-corrected chi connectivity index (χ0v) is 12.1. The molecular formula is C13H17FO4S. The van der Waals surface area contributed by atoms with Gasteiger partial charge in [-0.2, -0.15) is 0 Å². The van der Waals surface area contributed by atoms with Crippen LogP contribution >= 0.6 is 11.8 Å². The first kappa shape index (κ1) is 15.6. The summed E-state index contributed by atoms with van der Waals surface area (Å²) in [5.41, 5.74) is 0.490. The topological polar surface area (TPSA) is 55.8 Å². The highest BCUT2D eigenvalue weighted by Gasteiger charge is 2.22. The molecular weight excluding hydrogens is 271 g/mol. The van der Waals surface area contributed by atoms with Crippen molar-refractivity contribution in [2.75, 3.05) is 20.5 Å². The fraction of sp³-hybridized carbons (Fsp3) is 0.462. The van der Waals surface area contributed by atoms with Gasteiger partial charge in [-0.1, -0.05) is 6.92 Å². The Kier molecular flexibility index (Phi) is 5.47. The van der Waals surface area contributed by atoms with Crippen LogP contribution < -0.4 is 9.47 Å². The van der Waals surface area contributed by atoms with E-state index in [0.29, 0.717) is 22.0 Å². The average Bonchev–Trinajstić information content (AvgIpc) is 2.37. The number of aliphatic carboxylic acids is 1. The van der Waals surface area contributed by atoms with Crippen LogP contribution in [0.2, 0.25) is 0 Å². The third kappa shape index (κ3) is 3.32. The van der Waals surface area contributed by atoms with Gasteiger partial charge in [0, 0.05) is 5.56 Å². The Bertz CT molecular complexity index is 476. The first-order valence-electron chi connectivity index (χ1n) is 5.66. The van der Waals surface area contributed by atoms with E-state index in [1.807, 2.05) is 0 Å². The highest BCUT2D eigenvalue weighted by molar-refractivity contribution is 7.98. The Labute approximate surface area is 115 Å². The van der Waals surface area contributed by atoms with Gasteiger partial charge in [-0.3, -0.25) is 4.79 Å². The van der Waals surface area contributed by atoms with Crippen LogP contribution in [0.15, 0.2) is 11.0 Å². The van der Waals surface area contributed by atoms with E-state index in [-0.39, 0.29) is 6.42 Å². The van der Waals surface area contributed by atoms with Crippen molar-refractivity contribution in [2.45, 2.75) is 18.2 Å². The lowest BCUT2D eigenvalue weighted by Crippen LogP contribution is -2.13. The second-order valence-corrected chi connectivity index (χ2v) is 4.88. The second kappa shape index (κ2) is 6.65. The van der Waals surface area contributed by atoms with Crippen molar-refractivity contribution in [1.29, 1.82) is 0 Å². The van der Waals surface area contributed by atoms with Crippen molar-refractivity contribution in [2.24, 2.45) is 5.92 Å². The molecule has 1 N–H and O–H groups in total. The minimum atomic E-state index is -0.935. The standard InChI is InChI=1S/C13H17FO4S/c1-7(13(15)16)5-8-6-9(14)12(19-4)11(18-3)10(8)17-2/h6-7H,5H2,1-4H3,(H,15,16). The Morgan fingerprint density at radius 1 is 1.42 bits per heavy atom. The molecule has 1 atom stereocenters. The molecule has 0 saturated heterocycles. The van der Waals surface area contributed by atoms with Crippen LogP contribution in [0.3, 0.4) is 0 Å². The molecule has 0 heterocycles. The summed E-state index contributed by atoms with van der Waals surface area (Å²) in [5.74, 6) is -1.30. The van der Waals surface area contributed by atoms with Gasteiger partial charge in [0.1, 0.15) is 5.82 Å². The lowest BCUT2D eigenvalue weighted by Gasteiger charge is -2.17. The van der Waals surface area contributed by atoms with Crippen molar-refractivity contribution < 1.29 is 23.8 Å². The summed E-state index contributed by atoms with van der Waals surface area (Å²) < 4.78 is 24.4. The van der Waals surface area contributed by atoms with Crippen molar-refractivity contribution >= 4 is 17.7 Å². The van der Waals surface area contributed by atoms with Crippen LogP contribution in [0.1, 0.15) is 12.5 Å². The Morgan fingerprint density at radius 2 is 2.00 bits per heavy atom. The Balaban J connectivity index is 3.32. The Morgan fingerprint density at radius 3 is 2.42 bits per heavy atom. The number of benzene rings is 1. The first-order valence-corrected chi connectivity index (χ1v) is 6.88. The molecule has 1 rings (SSSR count). The zero-order valence-electron chi connectivity index (χ0n) is 11.3. The van der Waals surface area contributed by atoms with Gasteiger partial charge in [-0.15, -0.1) is 11.8 Å². The van der Waals surface area contributed by atoms with Crippen LogP contribution in [0.5, 0.6) is 11.5 Å². The van der Waals surface area contributed by atoms with E-state index in [1.54, 1.807) is 13.2 Å². The summed E-state index contributed by atoms with van der Waals surface area (Å²) in [6.45, 7) is 1.56. The van der Waals surface area contributed by atoms with E-state index in [2.05, 4.69) is 0 Å². The lowest BCUT2D eigenvalue weighted by atomic mass is 10.00. The summed E-state index contributed by atoms with van der Waals surface area (Å²) in [6, 6.07) is 1.31. The van der Waals surface area contributed by atoms with Crippen LogP contribution in [-0.2, 0) is 11.2 Å². The molecule has 0 radical (unpaired) electrons. The molecule has 0 fully saturated rings. The molecule has 0 amide bonds. The largest absolute Gasteiger partial charge is 0.493 e. The summed E-state index contributed by atoms with van der Waals surface area (Å²) in [5, 5.41) is 8.93. The van der Waals surface area contributed by atoms with Gasteiger partial charge < -0.3 is 14.6 Å². The summed E-state index contributed by atoms with van der Waals surface area (Å²) in [7, 11) is 2.89. The fourth-order valence-electron chi connectivity index (χ4n) is 1.81. The number of carbonyl (C=O) groups is 1. The molecule has 0 spiro atoms. The van der Waals surface area contributed by atoms with Crippen molar-refractivity contribution in [3.63, 3.8) is 0 Å². The highest BCUT2D eigenvalue weighted by atomic mass is 32.2. The quantitative estimate of drug-likeness (QED) is 0.816. The maximum Gasteiger partial charge on any atom is 0.306 e. The maximum atomic E-state index is 14.0. The second-order valence-electron chi connectivity index (χ2n) is 4.06. The molecule has 4 nitrogen and oxygen atoms in total. The van der Waals surface area contributed by atoms with Gasteiger partial charge >= 0.3 is 5.97 Å². The SMILES string of the molecule is COc1c(CC(C)C(=O)O)cc(F)c(SC)c1OC. The summed E-state index contributed by atoms with van der Waals surface area (Å²) >= 11 is 1.21. The molecule has 1 aromatic rings. The molecule has 19 heavy (non-hydrogen) atoms. The predicted octanol–water partition coefficient (Wildman–Crippen LogP) is 2.83. The van der Waals surface area contributed by atoms with Crippen LogP contribution in [0.25, 0.3) is 0 Å². The average molecular weight is 288 g/mol. The molecule has 0 bridgehead atoms. The fourth-order valence-corrected chi connectivity index (χ4v) is 2.43. The van der Waals surface area contributed by atoms with Crippen LogP contribution in [0, 0.1) is 11.7 Å². The molecule has 0 aliphatic carbocycles. The molecule has 0 aromatic heterocycles. The van der Waals surface area contributed by atoms with Gasteiger partial charge in [-0.25, -0.2) is 4.39 Å². The summed E-state index contributed by atoms with van der Waals surface area (Å²) in [4.78, 5) is 11.2. The molecule has 0 aliphatic rings. The van der Waals surface area contributed by atoms with Crippen molar-refractivity contribution in [1.82, 2.24) is 0 Å². The number of carboxylic acid groups (broad SMARTS) is 1. The molecule has 0 saturated carbocycles. The normalized spacial score (nSPS) is 12.1. The van der Waals surface area contributed by atoms with Gasteiger partial charge in [-0.05, 0) is 18.7 Å². The number of ether oxygens (including phenoxy) is 2. The molecule has 1 aromatic carbocycles. The highest BCUT2D eigenvalue weighted by Crippen LogP contribution is 2.42.